The van der Waals surface area contributed by atoms with Crippen LogP contribution in [0.1, 0.15) is 5.56 Å². The molecule has 0 N–H and O–H groups in total. The number of thioether (sulfide) groups is 1. The van der Waals surface area contributed by atoms with Crippen LogP contribution in [0.15, 0.2) is 86.8 Å². The van der Waals surface area contributed by atoms with E-state index in [1.165, 1.54) is 24.3 Å². The first-order valence-corrected chi connectivity index (χ1v) is 11.8. The van der Waals surface area contributed by atoms with Gasteiger partial charge in [-0.2, -0.15) is 4.39 Å². The zero-order valence-electron chi connectivity index (χ0n) is 16.5. The van der Waals surface area contributed by atoms with E-state index in [1.807, 2.05) is 12.1 Å². The zero-order chi connectivity index (χ0) is 23.3. The van der Waals surface area contributed by atoms with E-state index in [0.29, 0.717) is 0 Å². The molecule has 0 saturated carbocycles. The van der Waals surface area contributed by atoms with Gasteiger partial charge in [0, 0.05) is 5.56 Å². The first-order valence-electron chi connectivity index (χ1n) is 9.54. The van der Waals surface area contributed by atoms with E-state index in [9.17, 15) is 26.0 Å². The smallest absolute Gasteiger partial charge is 0.216 e. The van der Waals surface area contributed by atoms with Gasteiger partial charge in [0.15, 0.2) is 27.4 Å². The van der Waals surface area contributed by atoms with Crippen LogP contribution < -0.4 is 4.74 Å². The molecule has 0 unspecified atom stereocenters. The minimum atomic E-state index is -4.30. The summed E-state index contributed by atoms with van der Waals surface area (Å²) < 4.78 is 88.8. The normalized spacial score (nSPS) is 13.7. The molecule has 4 aromatic rings. The number of hydrogen-bond donors (Lipinski definition) is 0. The SMILES string of the molecule is O=S(=O)(C1=C(c2ccc3ccccc3c2)Oc2c(F)c(F)c(F)c(F)c2S1)c1ccccc1. The molecular formula is C24H12F4O3S2. The highest BCUT2D eigenvalue weighted by Gasteiger charge is 2.38. The van der Waals surface area contributed by atoms with Gasteiger partial charge in [0.2, 0.25) is 21.5 Å². The highest BCUT2D eigenvalue weighted by Crippen LogP contribution is 2.51. The van der Waals surface area contributed by atoms with E-state index >= 15 is 0 Å². The van der Waals surface area contributed by atoms with E-state index in [4.69, 9.17) is 4.74 Å². The van der Waals surface area contributed by atoms with Gasteiger partial charge >= 0.3 is 0 Å². The molecule has 0 radical (unpaired) electrons. The lowest BCUT2D eigenvalue weighted by molar-refractivity contribution is 0.361. The number of rotatable bonds is 3. The van der Waals surface area contributed by atoms with Gasteiger partial charge in [-0.15, -0.1) is 0 Å². The van der Waals surface area contributed by atoms with Crippen LogP contribution in [0.2, 0.25) is 0 Å². The van der Waals surface area contributed by atoms with Crippen molar-refractivity contribution in [2.45, 2.75) is 9.79 Å². The van der Waals surface area contributed by atoms with Crippen molar-refractivity contribution in [3.63, 3.8) is 0 Å². The number of hydrogen-bond acceptors (Lipinski definition) is 4. The molecule has 1 heterocycles. The van der Waals surface area contributed by atoms with Gasteiger partial charge in [0.1, 0.15) is 0 Å². The molecule has 0 fully saturated rings. The van der Waals surface area contributed by atoms with E-state index in [0.717, 1.165) is 10.8 Å². The topological polar surface area (TPSA) is 43.4 Å². The summed E-state index contributed by atoms with van der Waals surface area (Å²) in [4.78, 5) is -0.910. The van der Waals surface area contributed by atoms with Crippen LogP contribution in [0.3, 0.4) is 0 Å². The van der Waals surface area contributed by atoms with Crippen LogP contribution in [0.4, 0.5) is 17.6 Å². The molecule has 0 spiro atoms. The summed E-state index contributed by atoms with van der Waals surface area (Å²) in [6, 6.07) is 19.4. The summed E-state index contributed by atoms with van der Waals surface area (Å²) in [5, 5.41) is 1.58. The summed E-state index contributed by atoms with van der Waals surface area (Å²) >= 11 is 0.276. The fourth-order valence-corrected chi connectivity index (χ4v) is 6.40. The van der Waals surface area contributed by atoms with E-state index in [1.54, 1.807) is 36.4 Å². The molecule has 3 nitrogen and oxygen atoms in total. The van der Waals surface area contributed by atoms with Crippen molar-refractivity contribution in [2.75, 3.05) is 0 Å². The minimum Gasteiger partial charge on any atom is -0.450 e. The first-order chi connectivity index (χ1) is 15.8. The lowest BCUT2D eigenvalue weighted by atomic mass is 10.1. The Hall–Kier alpha value is -3.30. The van der Waals surface area contributed by atoms with Gasteiger partial charge in [-0.25, -0.2) is 21.6 Å². The van der Waals surface area contributed by atoms with Crippen LogP contribution in [0, 0.1) is 23.3 Å². The highest BCUT2D eigenvalue weighted by atomic mass is 32.3. The second kappa shape index (κ2) is 7.93. The molecule has 0 aliphatic carbocycles. The lowest BCUT2D eigenvalue weighted by Crippen LogP contribution is -2.15. The minimum absolute atomic E-state index is 0.124. The molecule has 1 aliphatic rings. The number of benzene rings is 4. The molecule has 0 atom stereocenters. The largest absolute Gasteiger partial charge is 0.450 e. The maximum Gasteiger partial charge on any atom is 0.216 e. The van der Waals surface area contributed by atoms with Gasteiger partial charge < -0.3 is 4.74 Å². The average molecular weight is 488 g/mol. The molecule has 33 heavy (non-hydrogen) atoms. The first kappa shape index (κ1) is 21.5. The van der Waals surface area contributed by atoms with Gasteiger partial charge in [0.25, 0.3) is 0 Å². The Morgan fingerprint density at radius 1 is 0.697 bits per heavy atom. The Morgan fingerprint density at radius 3 is 2.06 bits per heavy atom. The lowest BCUT2D eigenvalue weighted by Gasteiger charge is -2.24. The van der Waals surface area contributed by atoms with Crippen molar-refractivity contribution in [1.29, 1.82) is 0 Å². The molecule has 1 aliphatic heterocycles. The Morgan fingerprint density at radius 2 is 1.33 bits per heavy atom. The molecular weight excluding hydrogens is 476 g/mol. The molecule has 5 rings (SSSR count). The summed E-state index contributed by atoms with van der Waals surface area (Å²) in [5.74, 6) is -8.79. The van der Waals surface area contributed by atoms with Crippen LogP contribution in [-0.2, 0) is 9.84 Å². The van der Waals surface area contributed by atoms with Crippen LogP contribution in [-0.4, -0.2) is 8.42 Å². The Labute approximate surface area is 190 Å². The summed E-state index contributed by atoms with van der Waals surface area (Å²) in [6.07, 6.45) is 0. The van der Waals surface area contributed by atoms with Crippen molar-refractivity contribution in [3.05, 3.63) is 106 Å². The summed E-state index contributed by atoms with van der Waals surface area (Å²) in [7, 11) is -4.30. The van der Waals surface area contributed by atoms with Crippen molar-refractivity contribution in [2.24, 2.45) is 0 Å². The Kier molecular flexibility index (Phi) is 5.18. The predicted molar refractivity (Wildman–Crippen MR) is 117 cm³/mol. The number of halogens is 4. The predicted octanol–water partition coefficient (Wildman–Crippen LogP) is 6.68. The van der Waals surface area contributed by atoms with Gasteiger partial charge in [-0.3, -0.25) is 0 Å². The molecule has 0 bridgehead atoms. The Balaban J connectivity index is 1.79. The number of ether oxygens (including phenoxy) is 1. The third-order valence-electron chi connectivity index (χ3n) is 5.08. The monoisotopic (exact) mass is 488 g/mol. The van der Waals surface area contributed by atoms with E-state index in [2.05, 4.69) is 0 Å². The standard InChI is InChI=1S/C24H12F4O3S2/c25-17-18(26)20(28)23-22(19(17)27)31-21(15-11-10-13-6-4-5-7-14(13)12-15)24(32-23)33(29,30)16-8-2-1-3-9-16/h1-12H. The molecule has 0 aromatic heterocycles. The van der Waals surface area contributed by atoms with E-state index < -0.39 is 48.0 Å². The number of fused-ring (bicyclic) bond motifs is 2. The van der Waals surface area contributed by atoms with Crippen LogP contribution in [0.5, 0.6) is 5.75 Å². The maximum atomic E-state index is 14.5. The highest BCUT2D eigenvalue weighted by molar-refractivity contribution is 8.19. The number of sulfone groups is 1. The van der Waals surface area contributed by atoms with Crippen LogP contribution in [0.25, 0.3) is 16.5 Å². The van der Waals surface area contributed by atoms with Crippen molar-refractivity contribution in [3.8, 4) is 5.75 Å². The Bertz CT molecular complexity index is 1570. The quantitative estimate of drug-likeness (QED) is 0.183. The third kappa shape index (κ3) is 3.48. The summed E-state index contributed by atoms with van der Waals surface area (Å²) in [6.45, 7) is 0. The second-order valence-corrected chi connectivity index (χ2v) is 10.3. The molecule has 4 aromatic carbocycles. The van der Waals surface area contributed by atoms with Gasteiger partial charge in [-0.05, 0) is 29.0 Å². The molecule has 0 saturated heterocycles. The van der Waals surface area contributed by atoms with Gasteiger partial charge in [0.05, 0.1) is 9.79 Å². The maximum absolute atomic E-state index is 14.5. The molecule has 166 valence electrons. The van der Waals surface area contributed by atoms with Crippen molar-refractivity contribution >= 4 is 38.1 Å². The molecule has 0 amide bonds. The van der Waals surface area contributed by atoms with Crippen molar-refractivity contribution in [1.82, 2.24) is 0 Å². The second-order valence-electron chi connectivity index (χ2n) is 7.11. The summed E-state index contributed by atoms with van der Waals surface area (Å²) in [5.41, 5.74) is 0.242. The molecule has 9 heteroatoms. The van der Waals surface area contributed by atoms with Crippen LogP contribution >= 0.6 is 11.8 Å². The van der Waals surface area contributed by atoms with Crippen molar-refractivity contribution < 1.29 is 30.7 Å². The average Bonchev–Trinajstić information content (AvgIpc) is 2.85. The van der Waals surface area contributed by atoms with E-state index in [-0.39, 0.29) is 28.0 Å². The fraction of sp³-hybridized carbons (Fsp3) is 0. The zero-order valence-corrected chi connectivity index (χ0v) is 18.1. The fourth-order valence-electron chi connectivity index (χ4n) is 3.45. The van der Waals surface area contributed by atoms with Gasteiger partial charge in [-0.1, -0.05) is 66.4 Å². The third-order valence-corrected chi connectivity index (χ3v) is 8.49.